The summed E-state index contributed by atoms with van der Waals surface area (Å²) in [6.07, 6.45) is -0.668. The second-order valence-corrected chi connectivity index (χ2v) is 6.47. The third kappa shape index (κ3) is 4.91. The van der Waals surface area contributed by atoms with Crippen molar-refractivity contribution in [2.24, 2.45) is 5.92 Å². The molecule has 0 fully saturated rings. The van der Waals surface area contributed by atoms with Crippen LogP contribution >= 0.6 is 0 Å². The molecule has 1 atom stereocenters. The van der Waals surface area contributed by atoms with Gasteiger partial charge in [-0.1, -0.05) is 38.1 Å². The van der Waals surface area contributed by atoms with Gasteiger partial charge in [-0.05, 0) is 35.7 Å². The van der Waals surface area contributed by atoms with Gasteiger partial charge in [-0.15, -0.1) is 0 Å². The van der Waals surface area contributed by atoms with E-state index in [-0.39, 0.29) is 18.6 Å². The number of carbonyl (C=O) groups excluding carboxylic acids is 2. The molecule has 0 aromatic heterocycles. The van der Waals surface area contributed by atoms with Crippen molar-refractivity contribution >= 4 is 12.0 Å². The number of amides is 2. The van der Waals surface area contributed by atoms with E-state index in [1.165, 1.54) is 0 Å². The van der Waals surface area contributed by atoms with Gasteiger partial charge in [-0.2, -0.15) is 0 Å². The van der Waals surface area contributed by atoms with Crippen LogP contribution in [-0.2, 0) is 11.3 Å². The van der Waals surface area contributed by atoms with Gasteiger partial charge in [0.1, 0.15) is 11.8 Å². The normalized spacial score (nSPS) is 13.1. The number of fused-ring (bicyclic) bond motifs is 1. The minimum atomic E-state index is -0.713. The maximum atomic E-state index is 12.5. The molecular weight excluding hydrogens is 348 g/mol. The fourth-order valence-corrected chi connectivity index (χ4v) is 2.64. The molecule has 3 rings (SSSR count). The lowest BCUT2D eigenvalue weighted by Crippen LogP contribution is -2.50. The summed E-state index contributed by atoms with van der Waals surface area (Å²) >= 11 is 0. The van der Waals surface area contributed by atoms with Crippen LogP contribution in [0.2, 0.25) is 0 Å². The van der Waals surface area contributed by atoms with Gasteiger partial charge >= 0.3 is 6.09 Å². The molecule has 1 aliphatic rings. The number of para-hydroxylation sites is 1. The highest BCUT2D eigenvalue weighted by Crippen LogP contribution is 2.32. The van der Waals surface area contributed by atoms with Crippen molar-refractivity contribution in [3.05, 3.63) is 54.1 Å². The van der Waals surface area contributed by atoms with Gasteiger partial charge < -0.3 is 24.8 Å². The third-order valence-electron chi connectivity index (χ3n) is 4.08. The van der Waals surface area contributed by atoms with Gasteiger partial charge in [0.05, 0.1) is 0 Å². The second kappa shape index (κ2) is 8.44. The van der Waals surface area contributed by atoms with Gasteiger partial charge in [0.25, 0.3) is 0 Å². The monoisotopic (exact) mass is 370 g/mol. The minimum absolute atomic E-state index is 0.106. The molecule has 0 spiro atoms. The molecule has 1 aliphatic heterocycles. The molecule has 7 heteroatoms. The SMILES string of the molecule is CC(C)[C@H](NC(=O)Oc1ccccc1)C(=O)NCc1ccc2c(c1)OCO2. The second-order valence-electron chi connectivity index (χ2n) is 6.47. The highest BCUT2D eigenvalue weighted by Gasteiger charge is 2.25. The Hall–Kier alpha value is -3.22. The standard InChI is InChI=1S/C20H22N2O5/c1-13(2)18(22-20(24)27-15-6-4-3-5-7-15)19(23)21-11-14-8-9-16-17(10-14)26-12-25-16/h3-10,13,18H,11-12H2,1-2H3,(H,21,23)(H,22,24)/t18-/m0/s1. The molecule has 7 nitrogen and oxygen atoms in total. The van der Waals surface area contributed by atoms with Crippen LogP contribution in [-0.4, -0.2) is 24.8 Å². The average molecular weight is 370 g/mol. The summed E-state index contributed by atoms with van der Waals surface area (Å²) in [5.41, 5.74) is 0.877. The molecule has 27 heavy (non-hydrogen) atoms. The van der Waals surface area contributed by atoms with Crippen molar-refractivity contribution in [2.75, 3.05) is 6.79 Å². The highest BCUT2D eigenvalue weighted by atomic mass is 16.7. The minimum Gasteiger partial charge on any atom is -0.454 e. The number of nitrogens with one attached hydrogen (secondary N) is 2. The summed E-state index contributed by atoms with van der Waals surface area (Å²) in [5, 5.41) is 5.46. The molecule has 2 aromatic carbocycles. The predicted octanol–water partition coefficient (Wildman–Crippen LogP) is 2.84. The van der Waals surface area contributed by atoms with Crippen LogP contribution in [0, 0.1) is 5.92 Å². The number of benzene rings is 2. The molecule has 2 amide bonds. The number of ether oxygens (including phenoxy) is 3. The first-order valence-electron chi connectivity index (χ1n) is 8.72. The average Bonchev–Trinajstić information content (AvgIpc) is 3.12. The Morgan fingerprint density at radius 1 is 1.07 bits per heavy atom. The molecule has 2 N–H and O–H groups in total. The maximum absolute atomic E-state index is 12.5. The van der Waals surface area contributed by atoms with E-state index in [9.17, 15) is 9.59 Å². The predicted molar refractivity (Wildman–Crippen MR) is 98.6 cm³/mol. The summed E-state index contributed by atoms with van der Waals surface area (Å²) in [6.45, 7) is 4.23. The molecule has 0 saturated heterocycles. The van der Waals surface area contributed by atoms with Gasteiger partial charge in [-0.25, -0.2) is 4.79 Å². The van der Waals surface area contributed by atoms with Gasteiger partial charge in [-0.3, -0.25) is 4.79 Å². The van der Waals surface area contributed by atoms with Crippen molar-refractivity contribution in [1.29, 1.82) is 0 Å². The molecular formula is C20H22N2O5. The zero-order valence-corrected chi connectivity index (χ0v) is 15.2. The summed E-state index contributed by atoms with van der Waals surface area (Å²) in [4.78, 5) is 24.6. The molecule has 0 bridgehead atoms. The van der Waals surface area contributed by atoms with Crippen LogP contribution in [0.4, 0.5) is 4.79 Å². The lowest BCUT2D eigenvalue weighted by atomic mass is 10.0. The van der Waals surface area contributed by atoms with E-state index in [2.05, 4.69) is 10.6 Å². The summed E-state index contributed by atoms with van der Waals surface area (Å²) in [6, 6.07) is 13.5. The van der Waals surface area contributed by atoms with E-state index >= 15 is 0 Å². The number of carbonyl (C=O) groups is 2. The molecule has 1 heterocycles. The highest BCUT2D eigenvalue weighted by molar-refractivity contribution is 5.86. The van der Waals surface area contributed by atoms with E-state index in [4.69, 9.17) is 14.2 Å². The van der Waals surface area contributed by atoms with E-state index < -0.39 is 12.1 Å². The van der Waals surface area contributed by atoms with Crippen LogP contribution in [0.5, 0.6) is 17.2 Å². The van der Waals surface area contributed by atoms with Crippen molar-refractivity contribution in [3.63, 3.8) is 0 Å². The fraction of sp³-hybridized carbons (Fsp3) is 0.300. The number of hydrogen-bond donors (Lipinski definition) is 2. The first-order chi connectivity index (χ1) is 13.0. The number of hydrogen-bond acceptors (Lipinski definition) is 5. The Bertz CT molecular complexity index is 807. The quantitative estimate of drug-likeness (QED) is 0.817. The van der Waals surface area contributed by atoms with Crippen LogP contribution in [0.25, 0.3) is 0 Å². The van der Waals surface area contributed by atoms with Crippen molar-refractivity contribution in [1.82, 2.24) is 10.6 Å². The van der Waals surface area contributed by atoms with Crippen molar-refractivity contribution in [3.8, 4) is 17.2 Å². The summed E-state index contributed by atoms with van der Waals surface area (Å²) < 4.78 is 15.8. The van der Waals surface area contributed by atoms with Crippen molar-refractivity contribution in [2.45, 2.75) is 26.4 Å². The Balaban J connectivity index is 1.55. The fourth-order valence-electron chi connectivity index (χ4n) is 2.64. The van der Waals surface area contributed by atoms with E-state index in [0.29, 0.717) is 23.8 Å². The van der Waals surface area contributed by atoms with Gasteiger partial charge in [0.2, 0.25) is 12.7 Å². The lowest BCUT2D eigenvalue weighted by molar-refractivity contribution is -0.124. The van der Waals surface area contributed by atoms with E-state index in [1.807, 2.05) is 32.0 Å². The Kier molecular flexibility index (Phi) is 5.80. The van der Waals surface area contributed by atoms with Gasteiger partial charge in [0.15, 0.2) is 11.5 Å². The van der Waals surface area contributed by atoms with Crippen LogP contribution in [0.3, 0.4) is 0 Å². The largest absolute Gasteiger partial charge is 0.454 e. The zero-order chi connectivity index (χ0) is 19.2. The zero-order valence-electron chi connectivity index (χ0n) is 15.2. The first kappa shape index (κ1) is 18.6. The van der Waals surface area contributed by atoms with Gasteiger partial charge in [0, 0.05) is 6.54 Å². The first-order valence-corrected chi connectivity index (χ1v) is 8.72. The molecule has 0 saturated carbocycles. The van der Waals surface area contributed by atoms with Crippen LogP contribution < -0.4 is 24.8 Å². The number of rotatable bonds is 6. The Labute approximate surface area is 157 Å². The molecule has 142 valence electrons. The smallest absolute Gasteiger partial charge is 0.413 e. The maximum Gasteiger partial charge on any atom is 0.413 e. The lowest BCUT2D eigenvalue weighted by Gasteiger charge is -2.21. The van der Waals surface area contributed by atoms with Crippen LogP contribution in [0.1, 0.15) is 19.4 Å². The third-order valence-corrected chi connectivity index (χ3v) is 4.08. The summed E-state index contributed by atoms with van der Waals surface area (Å²) in [5.74, 6) is 1.37. The molecule has 0 radical (unpaired) electrons. The van der Waals surface area contributed by atoms with Crippen molar-refractivity contribution < 1.29 is 23.8 Å². The molecule has 0 unspecified atom stereocenters. The molecule has 0 aliphatic carbocycles. The van der Waals surface area contributed by atoms with E-state index in [1.54, 1.807) is 30.3 Å². The van der Waals surface area contributed by atoms with E-state index in [0.717, 1.165) is 5.56 Å². The summed E-state index contributed by atoms with van der Waals surface area (Å²) in [7, 11) is 0. The Morgan fingerprint density at radius 2 is 1.81 bits per heavy atom. The topological polar surface area (TPSA) is 85.9 Å². The molecule has 2 aromatic rings. The van der Waals surface area contributed by atoms with Crippen LogP contribution in [0.15, 0.2) is 48.5 Å². The Morgan fingerprint density at radius 3 is 2.56 bits per heavy atom.